The van der Waals surface area contributed by atoms with Gasteiger partial charge < -0.3 is 0 Å². The minimum absolute atomic E-state index is 0.666. The van der Waals surface area contributed by atoms with Crippen molar-refractivity contribution in [2.75, 3.05) is 0 Å². The summed E-state index contributed by atoms with van der Waals surface area (Å²) in [5.74, 6) is 2.00. The number of hydrogen-bond acceptors (Lipinski definition) is 4. The summed E-state index contributed by atoms with van der Waals surface area (Å²) in [5, 5.41) is 2.33. The summed E-state index contributed by atoms with van der Waals surface area (Å²) < 4.78 is 0. The van der Waals surface area contributed by atoms with Gasteiger partial charge in [-0.3, -0.25) is 4.98 Å². The Bertz CT molecular complexity index is 1810. The molecule has 4 heteroatoms. The van der Waals surface area contributed by atoms with Crippen molar-refractivity contribution >= 4 is 21.9 Å². The van der Waals surface area contributed by atoms with Crippen LogP contribution in [0.1, 0.15) is 24.1 Å². The van der Waals surface area contributed by atoms with Gasteiger partial charge in [0.2, 0.25) is 0 Å². The normalized spacial score (nSPS) is 13.1. The summed E-state index contributed by atoms with van der Waals surface area (Å²) in [7, 11) is 0. The van der Waals surface area contributed by atoms with E-state index in [1.54, 1.807) is 0 Å². The summed E-state index contributed by atoms with van der Waals surface area (Å²) >= 11 is 0. The number of fused-ring (bicyclic) bond motifs is 1. The number of benzene rings is 4. The lowest BCUT2D eigenvalue weighted by Crippen LogP contribution is -2.01. The predicted octanol–water partition coefficient (Wildman–Crippen LogP) is 8.68. The molecule has 0 fully saturated rings. The fourth-order valence-corrected chi connectivity index (χ4v) is 5.35. The van der Waals surface area contributed by atoms with E-state index in [1.807, 2.05) is 79.0 Å². The molecular formula is C36H26N4. The van der Waals surface area contributed by atoms with Crippen LogP contribution in [0.25, 0.3) is 56.1 Å². The van der Waals surface area contributed by atoms with E-state index in [0.717, 1.165) is 40.6 Å². The molecule has 0 saturated carbocycles. The smallest absolute Gasteiger partial charge is 0.164 e. The third kappa shape index (κ3) is 4.61. The summed E-state index contributed by atoms with van der Waals surface area (Å²) in [6.45, 7) is 0. The van der Waals surface area contributed by atoms with Gasteiger partial charge in [0, 0.05) is 28.3 Å². The van der Waals surface area contributed by atoms with E-state index in [-0.39, 0.29) is 0 Å². The molecule has 0 unspecified atom stereocenters. The number of hydrogen-bond donors (Lipinski definition) is 0. The second-order valence-corrected chi connectivity index (χ2v) is 9.85. The number of pyridine rings is 1. The van der Waals surface area contributed by atoms with Crippen LogP contribution in [0, 0.1) is 0 Å². The van der Waals surface area contributed by atoms with Crippen molar-refractivity contribution in [1.29, 1.82) is 0 Å². The average molecular weight is 515 g/mol. The average Bonchev–Trinajstić information content (AvgIpc) is 3.05. The van der Waals surface area contributed by atoms with Gasteiger partial charge in [0.15, 0.2) is 17.5 Å². The van der Waals surface area contributed by atoms with Crippen LogP contribution in [0.2, 0.25) is 0 Å². The summed E-state index contributed by atoms with van der Waals surface area (Å²) in [5.41, 5.74) is 7.76. The lowest BCUT2D eigenvalue weighted by atomic mass is 9.87. The van der Waals surface area contributed by atoms with Crippen molar-refractivity contribution in [3.05, 3.63) is 145 Å². The number of nitrogens with zero attached hydrogens (tertiary/aromatic N) is 4. The first-order chi connectivity index (χ1) is 19.8. The highest BCUT2D eigenvalue weighted by atomic mass is 15.0. The zero-order valence-electron chi connectivity index (χ0n) is 21.9. The van der Waals surface area contributed by atoms with Crippen LogP contribution >= 0.6 is 0 Å². The van der Waals surface area contributed by atoms with Crippen molar-refractivity contribution in [2.45, 2.75) is 12.8 Å². The molecule has 1 aliphatic rings. The van der Waals surface area contributed by atoms with Crippen molar-refractivity contribution in [2.24, 2.45) is 0 Å². The first-order valence-corrected chi connectivity index (χ1v) is 13.5. The van der Waals surface area contributed by atoms with E-state index in [0.29, 0.717) is 17.5 Å². The SMILES string of the molecule is C1=C(c2ccccn2)CCC(c2cccc3cccc(-c4nc(-c5ccccc5)nc(-c5ccccc5)n4)c23)=C1. The second-order valence-electron chi connectivity index (χ2n) is 9.85. The number of allylic oxidation sites excluding steroid dienone is 4. The highest BCUT2D eigenvalue weighted by Gasteiger charge is 2.18. The first-order valence-electron chi connectivity index (χ1n) is 13.5. The van der Waals surface area contributed by atoms with E-state index in [2.05, 4.69) is 59.6 Å². The molecule has 0 radical (unpaired) electrons. The Morgan fingerprint density at radius 3 is 1.62 bits per heavy atom. The maximum atomic E-state index is 5.03. The third-order valence-electron chi connectivity index (χ3n) is 7.33. The minimum atomic E-state index is 0.666. The van der Waals surface area contributed by atoms with Crippen LogP contribution in [0.15, 0.2) is 134 Å². The van der Waals surface area contributed by atoms with E-state index in [1.165, 1.54) is 22.1 Å². The Morgan fingerprint density at radius 2 is 1.02 bits per heavy atom. The Morgan fingerprint density at radius 1 is 0.450 bits per heavy atom. The molecule has 0 bridgehead atoms. The Labute approximate surface area is 233 Å². The molecule has 0 aliphatic heterocycles. The van der Waals surface area contributed by atoms with Gasteiger partial charge >= 0.3 is 0 Å². The molecule has 7 rings (SSSR count). The lowest BCUT2D eigenvalue weighted by Gasteiger charge is -2.18. The van der Waals surface area contributed by atoms with Gasteiger partial charge in [-0.05, 0) is 47.1 Å². The van der Waals surface area contributed by atoms with Crippen LogP contribution in [-0.4, -0.2) is 19.9 Å². The zero-order valence-corrected chi connectivity index (χ0v) is 21.9. The maximum Gasteiger partial charge on any atom is 0.164 e. The molecule has 2 aromatic heterocycles. The van der Waals surface area contributed by atoms with E-state index in [4.69, 9.17) is 15.0 Å². The van der Waals surface area contributed by atoms with Crippen molar-refractivity contribution in [3.8, 4) is 34.2 Å². The molecule has 2 heterocycles. The highest BCUT2D eigenvalue weighted by molar-refractivity contribution is 6.03. The Hall–Kier alpha value is -5.22. The number of aromatic nitrogens is 4. The maximum absolute atomic E-state index is 5.03. The van der Waals surface area contributed by atoms with Gasteiger partial charge in [-0.1, -0.05) is 115 Å². The van der Waals surface area contributed by atoms with Crippen LogP contribution in [0.3, 0.4) is 0 Å². The molecule has 0 saturated heterocycles. The molecule has 4 nitrogen and oxygen atoms in total. The second kappa shape index (κ2) is 10.5. The van der Waals surface area contributed by atoms with E-state index in [9.17, 15) is 0 Å². The fraction of sp³-hybridized carbons (Fsp3) is 0.0556. The molecule has 4 aromatic carbocycles. The molecule has 0 spiro atoms. The van der Waals surface area contributed by atoms with Crippen LogP contribution in [-0.2, 0) is 0 Å². The van der Waals surface area contributed by atoms with Crippen LogP contribution in [0.5, 0.6) is 0 Å². The molecule has 0 atom stereocenters. The molecule has 40 heavy (non-hydrogen) atoms. The zero-order chi connectivity index (χ0) is 26.7. The Balaban J connectivity index is 1.41. The molecule has 190 valence electrons. The van der Waals surface area contributed by atoms with Gasteiger partial charge in [0.1, 0.15) is 0 Å². The molecule has 0 amide bonds. The number of rotatable bonds is 5. The van der Waals surface area contributed by atoms with Crippen LogP contribution < -0.4 is 0 Å². The Kier molecular flexibility index (Phi) is 6.27. The van der Waals surface area contributed by atoms with Crippen LogP contribution in [0.4, 0.5) is 0 Å². The molecule has 6 aromatic rings. The standard InChI is InChI=1S/C36H26N4/c1-3-11-28(12-4-1)34-38-35(29-13-5-2-6-14-29)40-36(39-34)31-18-10-16-27-15-9-17-30(33(27)31)25-20-22-26(23-21-25)32-19-7-8-24-37-32/h1-20,22,24H,21,23H2. The minimum Gasteiger partial charge on any atom is -0.257 e. The molecule has 0 N–H and O–H groups in total. The lowest BCUT2D eigenvalue weighted by molar-refractivity contribution is 1.05. The predicted molar refractivity (Wildman–Crippen MR) is 163 cm³/mol. The molecular weight excluding hydrogens is 488 g/mol. The van der Waals surface area contributed by atoms with Gasteiger partial charge in [-0.25, -0.2) is 15.0 Å². The van der Waals surface area contributed by atoms with E-state index >= 15 is 0 Å². The monoisotopic (exact) mass is 514 g/mol. The van der Waals surface area contributed by atoms with Gasteiger partial charge in [0.25, 0.3) is 0 Å². The van der Waals surface area contributed by atoms with Crippen molar-refractivity contribution in [3.63, 3.8) is 0 Å². The third-order valence-corrected chi connectivity index (χ3v) is 7.33. The van der Waals surface area contributed by atoms with Crippen molar-refractivity contribution in [1.82, 2.24) is 19.9 Å². The first kappa shape index (κ1) is 23.9. The largest absolute Gasteiger partial charge is 0.257 e. The fourth-order valence-electron chi connectivity index (χ4n) is 5.35. The molecule has 1 aliphatic carbocycles. The van der Waals surface area contributed by atoms with Gasteiger partial charge in [0.05, 0.1) is 5.69 Å². The topological polar surface area (TPSA) is 51.6 Å². The summed E-state index contributed by atoms with van der Waals surface area (Å²) in [6.07, 6.45) is 8.21. The van der Waals surface area contributed by atoms with Gasteiger partial charge in [-0.2, -0.15) is 0 Å². The van der Waals surface area contributed by atoms with E-state index < -0.39 is 0 Å². The van der Waals surface area contributed by atoms with Gasteiger partial charge in [-0.15, -0.1) is 0 Å². The summed E-state index contributed by atoms with van der Waals surface area (Å²) in [6, 6.07) is 39.2. The van der Waals surface area contributed by atoms with Crippen molar-refractivity contribution < 1.29 is 0 Å². The highest BCUT2D eigenvalue weighted by Crippen LogP contribution is 2.38. The quantitative estimate of drug-likeness (QED) is 0.231. The summed E-state index contributed by atoms with van der Waals surface area (Å²) in [4.78, 5) is 19.5.